The summed E-state index contributed by atoms with van der Waals surface area (Å²) in [7, 11) is 0. The van der Waals surface area contributed by atoms with Crippen LogP contribution in [0, 0.1) is 6.92 Å². The van der Waals surface area contributed by atoms with Gasteiger partial charge in [-0.3, -0.25) is 14.9 Å². The Hall–Kier alpha value is -3.36. The van der Waals surface area contributed by atoms with Crippen molar-refractivity contribution in [3.8, 4) is 0 Å². The van der Waals surface area contributed by atoms with Crippen molar-refractivity contribution in [3.05, 3.63) is 65.6 Å². The Morgan fingerprint density at radius 2 is 2.00 bits per heavy atom. The number of hydrogen-bond acceptors (Lipinski definition) is 4. The lowest BCUT2D eigenvalue weighted by atomic mass is 10.2. The maximum Gasteiger partial charge on any atom is 0.416 e. The van der Waals surface area contributed by atoms with Gasteiger partial charge >= 0.3 is 6.18 Å². The van der Waals surface area contributed by atoms with Gasteiger partial charge in [-0.25, -0.2) is 0 Å². The minimum atomic E-state index is -4.42. The quantitative estimate of drug-likeness (QED) is 0.637. The summed E-state index contributed by atoms with van der Waals surface area (Å²) in [5.74, 6) is 0.197. The minimum absolute atomic E-state index is 0.0759. The van der Waals surface area contributed by atoms with Gasteiger partial charge in [0.15, 0.2) is 5.82 Å². The molecule has 2 N–H and O–H groups in total. The van der Waals surface area contributed by atoms with Gasteiger partial charge in [0.1, 0.15) is 0 Å². The first-order chi connectivity index (χ1) is 13.8. The third-order valence-electron chi connectivity index (χ3n) is 4.24. The summed E-state index contributed by atoms with van der Waals surface area (Å²) in [5, 5.41) is 9.60. The van der Waals surface area contributed by atoms with E-state index in [9.17, 15) is 18.0 Å². The van der Waals surface area contributed by atoms with E-state index in [0.29, 0.717) is 18.1 Å². The maximum absolute atomic E-state index is 12.8. The van der Waals surface area contributed by atoms with Crippen LogP contribution in [0.1, 0.15) is 23.9 Å². The van der Waals surface area contributed by atoms with Gasteiger partial charge in [0, 0.05) is 41.6 Å². The number of aromatic nitrogens is 3. The second kappa shape index (κ2) is 8.34. The summed E-state index contributed by atoms with van der Waals surface area (Å²) in [6, 6.07) is 10.0. The standard InChI is InChI=1S/C20H20F3N5O/c1-3-28(17-7-8-24-13(2)9-17)19(29)12-16-11-18(27-26-16)25-15-6-4-5-14(10-15)20(21,22)23/h4-11H,3,12H2,1-2H3,(H2,25,26,27). The first-order valence-corrected chi connectivity index (χ1v) is 8.98. The smallest absolute Gasteiger partial charge is 0.339 e. The molecular weight excluding hydrogens is 383 g/mol. The molecule has 0 aliphatic carbocycles. The zero-order valence-corrected chi connectivity index (χ0v) is 15.9. The third kappa shape index (κ3) is 5.13. The lowest BCUT2D eigenvalue weighted by Crippen LogP contribution is -2.32. The molecule has 2 heterocycles. The largest absolute Gasteiger partial charge is 0.416 e. The Kier molecular flexibility index (Phi) is 5.86. The second-order valence-electron chi connectivity index (χ2n) is 6.45. The molecule has 0 saturated heterocycles. The molecule has 0 unspecified atom stereocenters. The van der Waals surface area contributed by atoms with Crippen LogP contribution in [0.3, 0.4) is 0 Å². The molecule has 0 spiro atoms. The molecule has 0 radical (unpaired) electrons. The van der Waals surface area contributed by atoms with Crippen LogP contribution in [-0.4, -0.2) is 27.6 Å². The summed E-state index contributed by atoms with van der Waals surface area (Å²) >= 11 is 0. The van der Waals surface area contributed by atoms with Crippen LogP contribution >= 0.6 is 0 Å². The number of alkyl halides is 3. The summed E-state index contributed by atoms with van der Waals surface area (Å²) in [4.78, 5) is 18.5. The van der Waals surface area contributed by atoms with Crippen LogP contribution in [0.15, 0.2) is 48.7 Å². The first kappa shape index (κ1) is 20.4. The molecule has 9 heteroatoms. The van der Waals surface area contributed by atoms with E-state index in [4.69, 9.17) is 0 Å². The zero-order valence-electron chi connectivity index (χ0n) is 15.9. The number of carbonyl (C=O) groups is 1. The number of halogens is 3. The van der Waals surface area contributed by atoms with Gasteiger partial charge in [0.25, 0.3) is 0 Å². The van der Waals surface area contributed by atoms with Crippen molar-refractivity contribution in [2.24, 2.45) is 0 Å². The van der Waals surface area contributed by atoms with Crippen molar-refractivity contribution in [1.29, 1.82) is 0 Å². The van der Waals surface area contributed by atoms with Crippen molar-refractivity contribution in [1.82, 2.24) is 15.2 Å². The zero-order chi connectivity index (χ0) is 21.0. The van der Waals surface area contributed by atoms with Gasteiger partial charge in [-0.05, 0) is 44.2 Å². The lowest BCUT2D eigenvalue weighted by Gasteiger charge is -2.20. The second-order valence-corrected chi connectivity index (χ2v) is 6.45. The van der Waals surface area contributed by atoms with Crippen LogP contribution < -0.4 is 10.2 Å². The number of amides is 1. The third-order valence-corrected chi connectivity index (χ3v) is 4.24. The monoisotopic (exact) mass is 403 g/mol. The highest BCUT2D eigenvalue weighted by atomic mass is 19.4. The fourth-order valence-corrected chi connectivity index (χ4v) is 2.90. The number of benzene rings is 1. The average Bonchev–Trinajstić information content (AvgIpc) is 3.08. The van der Waals surface area contributed by atoms with Crippen LogP contribution in [0.2, 0.25) is 0 Å². The molecule has 1 amide bonds. The Bertz CT molecular complexity index is 1000. The number of hydrogen-bond donors (Lipinski definition) is 2. The predicted molar refractivity (Wildman–Crippen MR) is 104 cm³/mol. The van der Waals surface area contributed by atoms with Gasteiger partial charge < -0.3 is 10.2 Å². The molecule has 152 valence electrons. The Morgan fingerprint density at radius 3 is 2.69 bits per heavy atom. The van der Waals surface area contributed by atoms with Gasteiger partial charge in [-0.1, -0.05) is 6.07 Å². The number of nitrogens with one attached hydrogen (secondary N) is 2. The van der Waals surface area contributed by atoms with E-state index in [1.165, 1.54) is 12.1 Å². The molecule has 3 rings (SSSR count). The van der Waals surface area contributed by atoms with E-state index in [1.807, 2.05) is 19.9 Å². The summed E-state index contributed by atoms with van der Waals surface area (Å²) in [6.07, 6.45) is -2.70. The molecule has 2 aromatic heterocycles. The predicted octanol–water partition coefficient (Wildman–Crippen LogP) is 4.47. The number of anilines is 3. The molecule has 0 fully saturated rings. The number of carbonyl (C=O) groups excluding carboxylic acids is 1. The molecule has 29 heavy (non-hydrogen) atoms. The lowest BCUT2D eigenvalue weighted by molar-refractivity contribution is -0.137. The van der Waals surface area contributed by atoms with Crippen molar-refractivity contribution in [2.45, 2.75) is 26.4 Å². The molecular formula is C20H20F3N5O. The molecule has 0 atom stereocenters. The van der Waals surface area contributed by atoms with E-state index in [0.717, 1.165) is 23.5 Å². The van der Waals surface area contributed by atoms with E-state index in [1.54, 1.807) is 23.2 Å². The van der Waals surface area contributed by atoms with Crippen molar-refractivity contribution >= 4 is 23.1 Å². The van der Waals surface area contributed by atoms with Gasteiger partial charge in [-0.15, -0.1) is 0 Å². The Morgan fingerprint density at radius 1 is 1.21 bits per heavy atom. The topological polar surface area (TPSA) is 73.9 Å². The van der Waals surface area contributed by atoms with Gasteiger partial charge in [0.05, 0.1) is 12.0 Å². The normalized spacial score (nSPS) is 11.3. The van der Waals surface area contributed by atoms with Crippen molar-refractivity contribution in [3.63, 3.8) is 0 Å². The number of rotatable bonds is 6. The summed E-state index contributed by atoms with van der Waals surface area (Å²) in [5.41, 5.74) is 1.62. The Balaban J connectivity index is 1.69. The maximum atomic E-state index is 12.8. The van der Waals surface area contributed by atoms with Crippen molar-refractivity contribution < 1.29 is 18.0 Å². The summed E-state index contributed by atoms with van der Waals surface area (Å²) < 4.78 is 38.5. The molecule has 0 bridgehead atoms. The van der Waals surface area contributed by atoms with Crippen LogP contribution in [-0.2, 0) is 17.4 Å². The number of aryl methyl sites for hydroxylation is 1. The first-order valence-electron chi connectivity index (χ1n) is 8.98. The number of nitrogens with zero attached hydrogens (tertiary/aromatic N) is 3. The molecule has 6 nitrogen and oxygen atoms in total. The average molecular weight is 403 g/mol. The fraction of sp³-hybridized carbons (Fsp3) is 0.250. The Labute approximate surface area is 165 Å². The molecule has 0 aliphatic rings. The fourth-order valence-electron chi connectivity index (χ4n) is 2.90. The highest BCUT2D eigenvalue weighted by Gasteiger charge is 2.30. The van der Waals surface area contributed by atoms with Gasteiger partial charge in [-0.2, -0.15) is 18.3 Å². The highest BCUT2D eigenvalue weighted by Crippen LogP contribution is 2.31. The molecule has 0 aliphatic heterocycles. The number of H-pyrrole nitrogens is 1. The molecule has 0 saturated carbocycles. The van der Waals surface area contributed by atoms with E-state index >= 15 is 0 Å². The van der Waals surface area contributed by atoms with Crippen LogP contribution in [0.4, 0.5) is 30.4 Å². The van der Waals surface area contributed by atoms with Crippen LogP contribution in [0.25, 0.3) is 0 Å². The highest BCUT2D eigenvalue weighted by molar-refractivity contribution is 5.94. The number of aromatic amines is 1. The molecule has 3 aromatic rings. The van der Waals surface area contributed by atoms with Crippen LogP contribution in [0.5, 0.6) is 0 Å². The minimum Gasteiger partial charge on any atom is -0.339 e. The molecule has 1 aromatic carbocycles. The number of pyridine rings is 1. The van der Waals surface area contributed by atoms with Crippen molar-refractivity contribution in [2.75, 3.05) is 16.8 Å². The van der Waals surface area contributed by atoms with E-state index in [2.05, 4.69) is 20.5 Å². The van der Waals surface area contributed by atoms with Gasteiger partial charge in [0.2, 0.25) is 5.91 Å². The number of likely N-dealkylation sites (N-methyl/N-ethyl adjacent to an activating group) is 1. The SMILES string of the molecule is CCN(C(=O)Cc1cc(Nc2cccc(C(F)(F)F)c2)n[nH]1)c1ccnc(C)c1. The van der Waals surface area contributed by atoms with E-state index in [-0.39, 0.29) is 18.0 Å². The summed E-state index contributed by atoms with van der Waals surface area (Å²) in [6.45, 7) is 4.22. The van der Waals surface area contributed by atoms with E-state index < -0.39 is 11.7 Å².